The number of halogens is 1. The molecule has 0 aliphatic rings. The van der Waals surface area contributed by atoms with Gasteiger partial charge in [-0.1, -0.05) is 46.3 Å². The molecule has 3 heteroatoms. The third kappa shape index (κ3) is 3.52. The molecule has 0 aliphatic carbocycles. The van der Waals surface area contributed by atoms with Gasteiger partial charge in [-0.2, -0.15) is 0 Å². The average Bonchev–Trinajstić information content (AvgIpc) is 2.48. The van der Waals surface area contributed by atoms with Gasteiger partial charge in [0, 0.05) is 21.2 Å². The Bertz CT molecular complexity index is 655. The molecule has 0 bridgehead atoms. The zero-order valence-electron chi connectivity index (χ0n) is 11.0. The van der Waals surface area contributed by atoms with E-state index < -0.39 is 0 Å². The molecule has 2 aromatic carbocycles. The first-order valence-electron chi connectivity index (χ1n) is 6.16. The molecule has 0 heterocycles. The lowest BCUT2D eigenvalue weighted by atomic mass is 10.0. The van der Waals surface area contributed by atoms with Gasteiger partial charge in [-0.3, -0.25) is 9.59 Å². The highest BCUT2D eigenvalue weighted by Gasteiger charge is 2.10. The second kappa shape index (κ2) is 6.44. The summed E-state index contributed by atoms with van der Waals surface area (Å²) in [5.41, 5.74) is 1.58. The van der Waals surface area contributed by atoms with Gasteiger partial charge in [-0.25, -0.2) is 0 Å². The molecule has 2 rings (SSSR count). The normalized spacial score (nSPS) is 11.2. The van der Waals surface area contributed by atoms with Crippen LogP contribution in [-0.2, 0) is 0 Å². The number of Topliss-reactive ketones (excluding diaryl/α,β-unsaturated/α-hetero) is 1. The highest BCUT2D eigenvalue weighted by atomic mass is 79.9. The molecule has 0 radical (unpaired) electrons. The molecule has 20 heavy (non-hydrogen) atoms. The quantitative estimate of drug-likeness (QED) is 0.613. The van der Waals surface area contributed by atoms with Crippen LogP contribution in [0.3, 0.4) is 0 Å². The van der Waals surface area contributed by atoms with Crippen LogP contribution in [0.1, 0.15) is 27.6 Å². The summed E-state index contributed by atoms with van der Waals surface area (Å²) in [4.78, 5) is 24.2. The van der Waals surface area contributed by atoms with E-state index in [9.17, 15) is 9.59 Å². The molecule has 100 valence electrons. The number of carbonyl (C=O) groups is 2. The molecule has 0 aliphatic heterocycles. The summed E-state index contributed by atoms with van der Waals surface area (Å²) >= 11 is 3.32. The molecule has 0 atom stereocenters. The van der Waals surface area contributed by atoms with E-state index in [-0.39, 0.29) is 11.6 Å². The average molecular weight is 329 g/mol. The number of benzene rings is 2. The Balaban J connectivity index is 2.20. The van der Waals surface area contributed by atoms with E-state index in [1.807, 2.05) is 6.07 Å². The Labute approximate surface area is 126 Å². The van der Waals surface area contributed by atoms with E-state index in [1.54, 1.807) is 55.5 Å². The fourth-order valence-corrected chi connectivity index (χ4v) is 2.04. The highest BCUT2D eigenvalue weighted by molar-refractivity contribution is 9.10. The molecule has 0 saturated heterocycles. The summed E-state index contributed by atoms with van der Waals surface area (Å²) in [6, 6.07) is 16.0. The van der Waals surface area contributed by atoms with Gasteiger partial charge in [0.05, 0.1) is 0 Å². The molecular formula is C17H13BrO2. The Morgan fingerprint density at radius 2 is 1.50 bits per heavy atom. The van der Waals surface area contributed by atoms with Gasteiger partial charge in [0.1, 0.15) is 0 Å². The van der Waals surface area contributed by atoms with Crippen LogP contribution in [0.25, 0.3) is 0 Å². The molecule has 0 unspecified atom stereocenters. The van der Waals surface area contributed by atoms with Crippen LogP contribution < -0.4 is 0 Å². The second-order valence-corrected chi connectivity index (χ2v) is 5.31. The molecule has 0 amide bonds. The van der Waals surface area contributed by atoms with Crippen LogP contribution in [0, 0.1) is 0 Å². The first-order chi connectivity index (χ1) is 9.58. The van der Waals surface area contributed by atoms with Crippen LogP contribution in [0.15, 0.2) is 70.7 Å². The summed E-state index contributed by atoms with van der Waals surface area (Å²) in [6.45, 7) is 1.66. The number of carbonyl (C=O) groups excluding carboxylic acids is 2. The third-order valence-electron chi connectivity index (χ3n) is 2.87. The van der Waals surface area contributed by atoms with Gasteiger partial charge in [-0.05, 0) is 37.3 Å². The molecule has 2 aromatic rings. The number of ketones is 2. The maximum atomic E-state index is 12.2. The van der Waals surface area contributed by atoms with Crippen molar-refractivity contribution < 1.29 is 9.59 Å². The molecule has 0 N–H and O–H groups in total. The largest absolute Gasteiger partial charge is 0.289 e. The van der Waals surface area contributed by atoms with E-state index in [2.05, 4.69) is 15.9 Å². The standard InChI is InChI=1S/C17H13BrO2/c1-12(11-16(19)13-5-3-2-4-6-13)17(20)14-7-9-15(18)10-8-14/h2-11H,1H3/b12-11+. The van der Waals surface area contributed by atoms with Crippen LogP contribution >= 0.6 is 15.9 Å². The van der Waals surface area contributed by atoms with Crippen molar-refractivity contribution in [2.45, 2.75) is 6.92 Å². The summed E-state index contributed by atoms with van der Waals surface area (Å²) < 4.78 is 0.913. The highest BCUT2D eigenvalue weighted by Crippen LogP contribution is 2.14. The third-order valence-corrected chi connectivity index (χ3v) is 3.40. The van der Waals surface area contributed by atoms with Crippen molar-refractivity contribution in [3.05, 3.63) is 81.8 Å². The van der Waals surface area contributed by atoms with Gasteiger partial charge >= 0.3 is 0 Å². The number of hydrogen-bond donors (Lipinski definition) is 0. The van der Waals surface area contributed by atoms with Crippen molar-refractivity contribution in [3.8, 4) is 0 Å². The zero-order valence-corrected chi connectivity index (χ0v) is 12.6. The van der Waals surface area contributed by atoms with Gasteiger partial charge < -0.3 is 0 Å². The lowest BCUT2D eigenvalue weighted by molar-refractivity contribution is 0.101. The summed E-state index contributed by atoms with van der Waals surface area (Å²) in [5.74, 6) is -0.296. The molecular weight excluding hydrogens is 316 g/mol. The minimum atomic E-state index is -0.159. The fourth-order valence-electron chi connectivity index (χ4n) is 1.78. The first kappa shape index (κ1) is 14.4. The predicted molar refractivity (Wildman–Crippen MR) is 83.0 cm³/mol. The predicted octanol–water partition coefficient (Wildman–Crippen LogP) is 4.46. The minimum Gasteiger partial charge on any atom is -0.289 e. The summed E-state index contributed by atoms with van der Waals surface area (Å²) in [7, 11) is 0. The van der Waals surface area contributed by atoms with Gasteiger partial charge in [0.25, 0.3) is 0 Å². The first-order valence-corrected chi connectivity index (χ1v) is 6.95. The Morgan fingerprint density at radius 3 is 2.10 bits per heavy atom. The lowest BCUT2D eigenvalue weighted by Gasteiger charge is -2.02. The van der Waals surface area contributed by atoms with Crippen molar-refractivity contribution in [3.63, 3.8) is 0 Å². The topological polar surface area (TPSA) is 34.1 Å². The summed E-state index contributed by atoms with van der Waals surface area (Å²) in [6.07, 6.45) is 1.39. The number of allylic oxidation sites excluding steroid dienone is 2. The van der Waals surface area contributed by atoms with Crippen LogP contribution in [0.2, 0.25) is 0 Å². The summed E-state index contributed by atoms with van der Waals surface area (Å²) in [5, 5.41) is 0. The number of rotatable bonds is 4. The van der Waals surface area contributed by atoms with E-state index in [0.717, 1.165) is 4.47 Å². The molecule has 0 spiro atoms. The van der Waals surface area contributed by atoms with Crippen molar-refractivity contribution in [1.29, 1.82) is 0 Å². The Kier molecular flexibility index (Phi) is 4.64. The zero-order chi connectivity index (χ0) is 14.5. The van der Waals surface area contributed by atoms with E-state index in [0.29, 0.717) is 16.7 Å². The maximum absolute atomic E-state index is 12.2. The fraction of sp³-hybridized carbons (Fsp3) is 0.0588. The Hall–Kier alpha value is -2.00. The molecule has 0 saturated carbocycles. The van der Waals surface area contributed by atoms with E-state index in [4.69, 9.17) is 0 Å². The molecule has 2 nitrogen and oxygen atoms in total. The van der Waals surface area contributed by atoms with Crippen LogP contribution in [0.4, 0.5) is 0 Å². The van der Waals surface area contributed by atoms with Crippen molar-refractivity contribution >= 4 is 27.5 Å². The SMILES string of the molecule is C/C(=C\C(=O)c1ccccc1)C(=O)c1ccc(Br)cc1. The van der Waals surface area contributed by atoms with Gasteiger partial charge in [-0.15, -0.1) is 0 Å². The van der Waals surface area contributed by atoms with Gasteiger partial charge in [0.15, 0.2) is 11.6 Å². The van der Waals surface area contributed by atoms with Crippen LogP contribution in [-0.4, -0.2) is 11.6 Å². The molecule has 0 fully saturated rings. The maximum Gasteiger partial charge on any atom is 0.188 e. The Morgan fingerprint density at radius 1 is 0.900 bits per heavy atom. The number of hydrogen-bond acceptors (Lipinski definition) is 2. The van der Waals surface area contributed by atoms with Crippen molar-refractivity contribution in [2.75, 3.05) is 0 Å². The van der Waals surface area contributed by atoms with Gasteiger partial charge in [0.2, 0.25) is 0 Å². The smallest absolute Gasteiger partial charge is 0.188 e. The van der Waals surface area contributed by atoms with Crippen molar-refractivity contribution in [1.82, 2.24) is 0 Å². The van der Waals surface area contributed by atoms with Crippen molar-refractivity contribution in [2.24, 2.45) is 0 Å². The van der Waals surface area contributed by atoms with Crippen LogP contribution in [0.5, 0.6) is 0 Å². The lowest BCUT2D eigenvalue weighted by Crippen LogP contribution is -2.04. The molecule has 0 aromatic heterocycles. The second-order valence-electron chi connectivity index (χ2n) is 4.39. The van der Waals surface area contributed by atoms with E-state index in [1.165, 1.54) is 6.08 Å². The minimum absolute atomic E-state index is 0.137. The van der Waals surface area contributed by atoms with E-state index >= 15 is 0 Å². The monoisotopic (exact) mass is 328 g/mol.